The van der Waals surface area contributed by atoms with E-state index in [1.807, 2.05) is 0 Å². The first kappa shape index (κ1) is 31.2. The Morgan fingerprint density at radius 3 is 2.58 bits per heavy atom. The third kappa shape index (κ3) is 6.35. The number of hydrogen-bond acceptors (Lipinski definition) is 6. The Kier molecular flexibility index (Phi) is 10.2. The summed E-state index contributed by atoms with van der Waals surface area (Å²) in [5, 5.41) is 30.5. The molecule has 0 aromatic carbocycles. The number of fused-ring (bicyclic) bond motifs is 1. The summed E-state index contributed by atoms with van der Waals surface area (Å²) in [4.78, 5) is 12.4. The summed E-state index contributed by atoms with van der Waals surface area (Å²) >= 11 is 0. The molecule has 4 aliphatic rings. The fourth-order valence-corrected chi connectivity index (χ4v) is 8.37. The number of rotatable bonds is 10. The number of carbonyl (C=O) groups is 1. The Balaban J connectivity index is 1.45. The van der Waals surface area contributed by atoms with Crippen molar-refractivity contribution in [3.8, 4) is 0 Å². The molecule has 1 heterocycles. The fourth-order valence-electron chi connectivity index (χ4n) is 8.37. The summed E-state index contributed by atoms with van der Waals surface area (Å²) in [5.74, 6) is 1.96. The number of ether oxygens (including phenoxy) is 2. The number of esters is 1. The second kappa shape index (κ2) is 13.1. The van der Waals surface area contributed by atoms with Gasteiger partial charge in [-0.15, -0.1) is 0 Å². The summed E-state index contributed by atoms with van der Waals surface area (Å²) in [6, 6.07) is 0. The molecule has 1 saturated heterocycles. The summed E-state index contributed by atoms with van der Waals surface area (Å²) in [6.07, 6.45) is 10.3. The van der Waals surface area contributed by atoms with E-state index in [1.165, 1.54) is 24.8 Å². The van der Waals surface area contributed by atoms with Gasteiger partial charge in [-0.25, -0.2) is 4.79 Å². The minimum atomic E-state index is -0.958. The van der Waals surface area contributed by atoms with Crippen LogP contribution in [0.3, 0.4) is 0 Å². The Morgan fingerprint density at radius 1 is 1.12 bits per heavy atom. The van der Waals surface area contributed by atoms with Crippen molar-refractivity contribution in [3.63, 3.8) is 0 Å². The molecule has 0 spiro atoms. The van der Waals surface area contributed by atoms with Crippen LogP contribution in [-0.2, 0) is 14.3 Å². The first-order chi connectivity index (χ1) is 19.0. The van der Waals surface area contributed by atoms with Gasteiger partial charge in [0.2, 0.25) is 0 Å². The maximum atomic E-state index is 12.4. The maximum absolute atomic E-state index is 12.4. The van der Waals surface area contributed by atoms with Gasteiger partial charge < -0.3 is 24.8 Å². The molecular formula is C34H52O6. The summed E-state index contributed by atoms with van der Waals surface area (Å²) in [6.45, 7) is 17.7. The quantitative estimate of drug-likeness (QED) is 0.182. The molecule has 0 aromatic rings. The Morgan fingerprint density at radius 2 is 1.88 bits per heavy atom. The molecule has 224 valence electrons. The lowest BCUT2D eigenvalue weighted by Crippen LogP contribution is -2.45. The van der Waals surface area contributed by atoms with E-state index in [0.717, 1.165) is 31.3 Å². The smallest absolute Gasteiger partial charge is 0.334 e. The van der Waals surface area contributed by atoms with E-state index >= 15 is 0 Å². The average molecular weight is 557 g/mol. The zero-order chi connectivity index (χ0) is 29.2. The van der Waals surface area contributed by atoms with E-state index in [-0.39, 0.29) is 30.0 Å². The topological polar surface area (TPSA) is 96.2 Å². The van der Waals surface area contributed by atoms with Crippen molar-refractivity contribution in [1.82, 2.24) is 0 Å². The van der Waals surface area contributed by atoms with Crippen LogP contribution < -0.4 is 0 Å². The molecule has 9 atom stereocenters. The van der Waals surface area contributed by atoms with Crippen LogP contribution in [0.5, 0.6) is 0 Å². The SMILES string of the molecule is C=C1/C(=C/C=C2/CCC[C@]3(C)[C@@H](C(C)CC4OC(=O)C(=C)C4CC(C)C)CC[C@@H]23)CC(O)C(OCCCO)C1O. The zero-order valence-corrected chi connectivity index (χ0v) is 25.1. The van der Waals surface area contributed by atoms with Crippen LogP contribution in [0.25, 0.3) is 0 Å². The number of aliphatic hydroxyl groups excluding tert-OH is 3. The molecule has 1 aliphatic heterocycles. The summed E-state index contributed by atoms with van der Waals surface area (Å²) in [7, 11) is 0. The number of hydrogen-bond donors (Lipinski definition) is 3. The standard InChI is InChI=1S/C34H52O6/c1-20(2)17-26-23(5)33(38)40-30(26)18-21(3)27-12-13-28-24(9-7-14-34(27,28)6)10-11-25-19-29(36)32(31(37)22(25)4)39-16-8-15-35/h10-11,20-21,26-32,35-37H,4-5,7-9,12-19H2,1-3,6H3/b24-10-,25-11+/t21?,26?,27-,28+,29?,30?,31?,32?,34-/m1/s1. The molecule has 0 aromatic heterocycles. The summed E-state index contributed by atoms with van der Waals surface area (Å²) < 4.78 is 11.5. The minimum absolute atomic E-state index is 0.0146. The highest BCUT2D eigenvalue weighted by Gasteiger charge is 2.52. The van der Waals surface area contributed by atoms with Gasteiger partial charge in [0, 0.05) is 31.1 Å². The number of carbonyl (C=O) groups excluding carboxylic acids is 1. The van der Waals surface area contributed by atoms with Crippen molar-refractivity contribution < 1.29 is 29.6 Å². The number of cyclic esters (lactones) is 1. The lowest BCUT2D eigenvalue weighted by molar-refractivity contribution is -0.140. The second-order valence-corrected chi connectivity index (χ2v) is 13.6. The molecule has 4 rings (SSSR count). The molecule has 6 unspecified atom stereocenters. The lowest BCUT2D eigenvalue weighted by atomic mass is 9.60. The predicted molar refractivity (Wildman–Crippen MR) is 157 cm³/mol. The van der Waals surface area contributed by atoms with Crippen LogP contribution in [0.1, 0.15) is 85.5 Å². The molecule has 0 bridgehead atoms. The molecule has 6 heteroatoms. The van der Waals surface area contributed by atoms with Crippen molar-refractivity contribution in [1.29, 1.82) is 0 Å². The third-order valence-electron chi connectivity index (χ3n) is 10.5. The molecule has 4 fully saturated rings. The normalized spacial score (nSPS) is 39.3. The maximum Gasteiger partial charge on any atom is 0.334 e. The van der Waals surface area contributed by atoms with Gasteiger partial charge >= 0.3 is 5.97 Å². The van der Waals surface area contributed by atoms with Crippen LogP contribution in [-0.4, -0.2) is 58.9 Å². The van der Waals surface area contributed by atoms with E-state index in [1.54, 1.807) is 0 Å². The molecule has 3 aliphatic carbocycles. The van der Waals surface area contributed by atoms with Gasteiger partial charge in [-0.3, -0.25) is 0 Å². The van der Waals surface area contributed by atoms with Gasteiger partial charge in [0.15, 0.2) is 0 Å². The van der Waals surface area contributed by atoms with Gasteiger partial charge in [0.25, 0.3) is 0 Å². The van der Waals surface area contributed by atoms with Gasteiger partial charge in [0.1, 0.15) is 18.3 Å². The molecule has 0 radical (unpaired) electrons. The van der Waals surface area contributed by atoms with Gasteiger partial charge in [-0.05, 0) is 91.6 Å². The van der Waals surface area contributed by atoms with Crippen molar-refractivity contribution in [2.24, 2.45) is 35.0 Å². The van der Waals surface area contributed by atoms with Crippen LogP contribution in [0.2, 0.25) is 0 Å². The monoisotopic (exact) mass is 556 g/mol. The fraction of sp³-hybridized carbons (Fsp3) is 0.735. The minimum Gasteiger partial charge on any atom is -0.458 e. The van der Waals surface area contributed by atoms with E-state index in [4.69, 9.17) is 14.6 Å². The largest absolute Gasteiger partial charge is 0.458 e. The Labute approximate surface area is 241 Å². The van der Waals surface area contributed by atoms with Crippen molar-refractivity contribution in [2.45, 2.75) is 110 Å². The molecule has 0 amide bonds. The first-order valence-corrected chi connectivity index (χ1v) is 15.5. The second-order valence-electron chi connectivity index (χ2n) is 13.6. The number of allylic oxidation sites excluding steroid dienone is 3. The van der Waals surface area contributed by atoms with Crippen LogP contribution >= 0.6 is 0 Å². The average Bonchev–Trinajstić information content (AvgIpc) is 3.38. The van der Waals surface area contributed by atoms with Crippen LogP contribution in [0.4, 0.5) is 0 Å². The highest BCUT2D eigenvalue weighted by atomic mass is 16.6. The molecule has 3 saturated carbocycles. The molecule has 3 N–H and O–H groups in total. The van der Waals surface area contributed by atoms with E-state index in [0.29, 0.717) is 54.3 Å². The van der Waals surface area contributed by atoms with E-state index in [2.05, 4.69) is 53.0 Å². The predicted octanol–water partition coefficient (Wildman–Crippen LogP) is 5.68. The molecule has 6 nitrogen and oxygen atoms in total. The Bertz CT molecular complexity index is 1010. The van der Waals surface area contributed by atoms with Crippen molar-refractivity contribution in [2.75, 3.05) is 13.2 Å². The van der Waals surface area contributed by atoms with Crippen LogP contribution in [0, 0.1) is 35.0 Å². The van der Waals surface area contributed by atoms with Crippen LogP contribution in [0.15, 0.2) is 47.6 Å². The molecular weight excluding hydrogens is 504 g/mol. The van der Waals surface area contributed by atoms with Crippen molar-refractivity contribution in [3.05, 3.63) is 47.6 Å². The lowest BCUT2D eigenvalue weighted by Gasteiger charge is -2.45. The van der Waals surface area contributed by atoms with E-state index < -0.39 is 18.3 Å². The highest BCUT2D eigenvalue weighted by Crippen LogP contribution is 2.60. The Hall–Kier alpha value is -1.73. The number of aliphatic hydroxyl groups is 3. The first-order valence-electron chi connectivity index (χ1n) is 15.5. The third-order valence-corrected chi connectivity index (χ3v) is 10.5. The summed E-state index contributed by atoms with van der Waals surface area (Å²) in [5.41, 5.74) is 3.82. The zero-order valence-electron chi connectivity index (χ0n) is 25.1. The molecule has 40 heavy (non-hydrogen) atoms. The van der Waals surface area contributed by atoms with E-state index in [9.17, 15) is 15.0 Å². The highest BCUT2D eigenvalue weighted by molar-refractivity contribution is 5.90. The van der Waals surface area contributed by atoms with Crippen molar-refractivity contribution >= 4 is 5.97 Å². The van der Waals surface area contributed by atoms with Gasteiger partial charge in [-0.2, -0.15) is 0 Å². The van der Waals surface area contributed by atoms with Gasteiger partial charge in [0.05, 0.1) is 6.10 Å². The van der Waals surface area contributed by atoms with Gasteiger partial charge in [-0.1, -0.05) is 58.6 Å².